The van der Waals surface area contributed by atoms with E-state index in [1.165, 1.54) is 0 Å². The van der Waals surface area contributed by atoms with Crippen LogP contribution in [0.1, 0.15) is 44.9 Å². The van der Waals surface area contributed by atoms with Crippen LogP contribution < -0.4 is 5.73 Å². The Labute approximate surface area is 113 Å². The molecule has 3 fully saturated rings. The third-order valence-corrected chi connectivity index (χ3v) is 5.88. The highest BCUT2D eigenvalue weighted by Crippen LogP contribution is 2.55. The molecule has 0 amide bonds. The van der Waals surface area contributed by atoms with Gasteiger partial charge in [0.25, 0.3) is 0 Å². The van der Waals surface area contributed by atoms with Crippen molar-refractivity contribution in [3.8, 4) is 0 Å². The first-order valence-corrected chi connectivity index (χ1v) is 7.42. The topological polar surface area (TPSA) is 107 Å². The van der Waals surface area contributed by atoms with E-state index in [0.29, 0.717) is 12.3 Å². The van der Waals surface area contributed by atoms with E-state index in [9.17, 15) is 20.4 Å². The Morgan fingerprint density at radius 3 is 2.37 bits per heavy atom. The third-order valence-electron chi connectivity index (χ3n) is 5.88. The molecular weight excluding hydrogens is 246 g/mol. The van der Waals surface area contributed by atoms with Gasteiger partial charge in [-0.15, -0.1) is 0 Å². The van der Waals surface area contributed by atoms with Crippen LogP contribution in [-0.4, -0.2) is 49.9 Å². The number of aliphatic hydroxyl groups is 4. The zero-order chi connectivity index (χ0) is 13.8. The van der Waals surface area contributed by atoms with Crippen molar-refractivity contribution < 1.29 is 20.4 Å². The smallest absolute Gasteiger partial charge is 0.0990 e. The maximum Gasteiger partial charge on any atom is 0.0990 e. The molecule has 0 saturated heterocycles. The largest absolute Gasteiger partial charge is 0.390 e. The molecule has 0 aromatic heterocycles. The monoisotopic (exact) mass is 271 g/mol. The molecule has 3 rings (SSSR count). The molecule has 19 heavy (non-hydrogen) atoms. The van der Waals surface area contributed by atoms with Crippen molar-refractivity contribution in [1.29, 1.82) is 0 Å². The van der Waals surface area contributed by atoms with E-state index in [-0.39, 0.29) is 24.8 Å². The highest BCUT2D eigenvalue weighted by atomic mass is 16.4. The number of fused-ring (bicyclic) bond motifs is 3. The van der Waals surface area contributed by atoms with E-state index in [0.717, 1.165) is 25.7 Å². The van der Waals surface area contributed by atoms with Gasteiger partial charge in [0.2, 0.25) is 0 Å². The summed E-state index contributed by atoms with van der Waals surface area (Å²) in [5.74, 6) is 0.324. The molecule has 0 spiro atoms. The quantitative estimate of drug-likeness (QED) is 0.408. The Balaban J connectivity index is 1.90. The van der Waals surface area contributed by atoms with Crippen molar-refractivity contribution >= 4 is 0 Å². The lowest BCUT2D eigenvalue weighted by molar-refractivity contribution is -0.273. The predicted octanol–water partition coefficient (Wildman–Crippen LogP) is -0.498. The lowest BCUT2D eigenvalue weighted by Gasteiger charge is -2.60. The predicted molar refractivity (Wildman–Crippen MR) is 69.2 cm³/mol. The summed E-state index contributed by atoms with van der Waals surface area (Å²) in [6, 6.07) is 0.190. The van der Waals surface area contributed by atoms with Crippen LogP contribution in [0, 0.1) is 11.8 Å². The molecule has 0 bridgehead atoms. The Morgan fingerprint density at radius 1 is 0.947 bits per heavy atom. The first kappa shape index (κ1) is 13.8. The number of hydrogen-bond donors (Lipinski definition) is 5. The molecule has 5 nitrogen and oxygen atoms in total. The summed E-state index contributed by atoms with van der Waals surface area (Å²) in [4.78, 5) is 0. The van der Waals surface area contributed by atoms with Crippen molar-refractivity contribution in [2.24, 2.45) is 17.6 Å². The highest BCUT2D eigenvalue weighted by Gasteiger charge is 2.63. The van der Waals surface area contributed by atoms with Gasteiger partial charge in [-0.1, -0.05) is 0 Å². The molecule has 5 heteroatoms. The van der Waals surface area contributed by atoms with Crippen LogP contribution >= 0.6 is 0 Å². The fourth-order valence-corrected chi connectivity index (χ4v) is 4.79. The second-order valence-electron chi connectivity index (χ2n) is 6.98. The summed E-state index contributed by atoms with van der Waals surface area (Å²) in [5, 5.41) is 41.5. The van der Waals surface area contributed by atoms with Gasteiger partial charge in [-0.05, 0) is 43.9 Å². The zero-order valence-corrected chi connectivity index (χ0v) is 11.2. The van der Waals surface area contributed by atoms with Gasteiger partial charge >= 0.3 is 0 Å². The maximum absolute atomic E-state index is 11.1. The molecule has 6 N–H and O–H groups in total. The molecule has 0 aromatic carbocycles. The molecule has 3 aliphatic carbocycles. The summed E-state index contributed by atoms with van der Waals surface area (Å²) in [7, 11) is 0. The lowest BCUT2D eigenvalue weighted by Crippen LogP contribution is -2.70. The van der Waals surface area contributed by atoms with Gasteiger partial charge in [-0.3, -0.25) is 0 Å². The van der Waals surface area contributed by atoms with Crippen LogP contribution in [0.2, 0.25) is 0 Å². The minimum absolute atomic E-state index is 0.00630. The summed E-state index contributed by atoms with van der Waals surface area (Å²) in [5.41, 5.74) is 3.48. The van der Waals surface area contributed by atoms with E-state index in [1.807, 2.05) is 0 Å². The minimum Gasteiger partial charge on any atom is -0.390 e. The first-order valence-electron chi connectivity index (χ1n) is 7.42. The van der Waals surface area contributed by atoms with E-state index in [4.69, 9.17) is 5.73 Å². The van der Waals surface area contributed by atoms with Crippen molar-refractivity contribution in [3.05, 3.63) is 0 Å². The van der Waals surface area contributed by atoms with Crippen molar-refractivity contribution in [2.75, 3.05) is 0 Å². The van der Waals surface area contributed by atoms with Gasteiger partial charge in [0.1, 0.15) is 0 Å². The number of hydrogen-bond acceptors (Lipinski definition) is 5. The Kier molecular flexibility index (Phi) is 3.19. The highest BCUT2D eigenvalue weighted by molar-refractivity contribution is 5.15. The molecule has 0 heterocycles. The van der Waals surface area contributed by atoms with Crippen molar-refractivity contribution in [2.45, 2.75) is 74.4 Å². The second-order valence-corrected chi connectivity index (χ2v) is 6.98. The molecule has 7 atom stereocenters. The van der Waals surface area contributed by atoms with Gasteiger partial charge in [-0.2, -0.15) is 0 Å². The summed E-state index contributed by atoms with van der Waals surface area (Å²) < 4.78 is 0. The van der Waals surface area contributed by atoms with Gasteiger partial charge in [0, 0.05) is 18.9 Å². The number of rotatable bonds is 0. The van der Waals surface area contributed by atoms with Crippen LogP contribution in [0.25, 0.3) is 0 Å². The standard InChI is InChI=1S/C14H25NO4/c15-9-1-2-10-8(5-9)3-4-13(18)6-11(16)12(17)7-14(10,13)19/h8-12,16-19H,1-7,15H2. The molecular formula is C14H25NO4. The van der Waals surface area contributed by atoms with E-state index < -0.39 is 23.4 Å². The Bertz CT molecular complexity index is 365. The van der Waals surface area contributed by atoms with Crippen LogP contribution in [0.15, 0.2) is 0 Å². The zero-order valence-electron chi connectivity index (χ0n) is 11.2. The number of nitrogens with two attached hydrogens (primary N) is 1. The molecule has 0 aliphatic heterocycles. The molecule has 3 aliphatic rings. The van der Waals surface area contributed by atoms with Crippen LogP contribution in [0.4, 0.5) is 0 Å². The van der Waals surface area contributed by atoms with E-state index in [2.05, 4.69) is 0 Å². The van der Waals surface area contributed by atoms with Crippen LogP contribution in [0.3, 0.4) is 0 Å². The average Bonchev–Trinajstić information content (AvgIpc) is 2.33. The normalized spacial score (nSPS) is 58.3. The minimum atomic E-state index is -1.27. The summed E-state index contributed by atoms with van der Waals surface area (Å²) >= 11 is 0. The van der Waals surface area contributed by atoms with Gasteiger partial charge in [-0.25, -0.2) is 0 Å². The maximum atomic E-state index is 11.1. The third kappa shape index (κ3) is 1.94. The van der Waals surface area contributed by atoms with Crippen LogP contribution in [0.5, 0.6) is 0 Å². The van der Waals surface area contributed by atoms with Gasteiger partial charge < -0.3 is 26.2 Å². The summed E-state index contributed by atoms with van der Waals surface area (Å²) in [6.07, 6.45) is 2.14. The molecule has 7 unspecified atom stereocenters. The fraction of sp³-hybridized carbons (Fsp3) is 1.00. The van der Waals surface area contributed by atoms with E-state index in [1.54, 1.807) is 0 Å². The Hall–Kier alpha value is -0.200. The van der Waals surface area contributed by atoms with Crippen molar-refractivity contribution in [1.82, 2.24) is 0 Å². The van der Waals surface area contributed by atoms with E-state index >= 15 is 0 Å². The fourth-order valence-electron chi connectivity index (χ4n) is 4.79. The molecule has 0 radical (unpaired) electrons. The molecule has 110 valence electrons. The van der Waals surface area contributed by atoms with Crippen molar-refractivity contribution in [3.63, 3.8) is 0 Å². The van der Waals surface area contributed by atoms with Crippen LogP contribution in [-0.2, 0) is 0 Å². The van der Waals surface area contributed by atoms with Gasteiger partial charge in [0.15, 0.2) is 0 Å². The summed E-state index contributed by atoms with van der Waals surface area (Å²) in [6.45, 7) is 0. The lowest BCUT2D eigenvalue weighted by atomic mass is 9.52. The average molecular weight is 271 g/mol. The van der Waals surface area contributed by atoms with Gasteiger partial charge in [0.05, 0.1) is 23.4 Å². The second kappa shape index (κ2) is 4.40. The molecule has 0 aromatic rings. The number of aliphatic hydroxyl groups excluding tert-OH is 2. The first-order chi connectivity index (χ1) is 8.86. The SMILES string of the molecule is NC1CCC2C(CCC3(O)CC(O)C(O)CC23O)C1. The molecule has 3 saturated carbocycles. The Morgan fingerprint density at radius 2 is 1.63 bits per heavy atom.